The number of nitrogens with zero attached hydrogens (tertiary/aromatic N) is 1. The Hall–Kier alpha value is -0.610. The van der Waals surface area contributed by atoms with Crippen LogP contribution in [0.15, 0.2) is 0 Å². The Morgan fingerprint density at radius 3 is 2.95 bits per heavy atom. The first kappa shape index (κ1) is 14.3. The molecule has 1 N–H and O–H groups in total. The van der Waals surface area contributed by atoms with Crippen LogP contribution in [0.3, 0.4) is 0 Å². The molecule has 0 radical (unpaired) electrons. The highest BCUT2D eigenvalue weighted by Gasteiger charge is 2.43. The molecule has 1 saturated carbocycles. The fraction of sp³-hybridized carbons (Fsp3) is 0.938. The molecule has 114 valence electrons. The van der Waals surface area contributed by atoms with Crippen LogP contribution in [0.4, 0.5) is 0 Å². The third-order valence-electron chi connectivity index (χ3n) is 5.48. The lowest BCUT2D eigenvalue weighted by Crippen LogP contribution is -2.54. The Labute approximate surface area is 121 Å². The molecule has 3 unspecified atom stereocenters. The minimum Gasteiger partial charge on any atom is -0.389 e. The zero-order chi connectivity index (χ0) is 14.0. The molecule has 0 aromatic rings. The highest BCUT2D eigenvalue weighted by Crippen LogP contribution is 2.39. The lowest BCUT2D eigenvalue weighted by molar-refractivity contribution is -0.143. The molecule has 20 heavy (non-hydrogen) atoms. The van der Waals surface area contributed by atoms with E-state index in [0.29, 0.717) is 18.4 Å². The zero-order valence-corrected chi connectivity index (χ0v) is 12.4. The van der Waals surface area contributed by atoms with Gasteiger partial charge in [0, 0.05) is 32.0 Å². The number of aliphatic hydroxyl groups is 1. The molecular formula is C16H27NO3. The highest BCUT2D eigenvalue weighted by atomic mass is 16.5. The molecule has 3 fully saturated rings. The van der Waals surface area contributed by atoms with E-state index < -0.39 is 5.60 Å². The average Bonchev–Trinajstić information content (AvgIpc) is 2.97. The summed E-state index contributed by atoms with van der Waals surface area (Å²) < 4.78 is 5.58. The van der Waals surface area contributed by atoms with Crippen molar-refractivity contribution in [1.82, 2.24) is 4.90 Å². The number of ether oxygens (including phenoxy) is 1. The minimum atomic E-state index is -0.483. The molecule has 0 bridgehead atoms. The van der Waals surface area contributed by atoms with Gasteiger partial charge in [-0.25, -0.2) is 0 Å². The SMILES string of the molecule is O=C(CCC1CCCO1)N1CCC2(O)CCCCC2C1. The third kappa shape index (κ3) is 3.01. The van der Waals surface area contributed by atoms with Gasteiger partial charge in [0.15, 0.2) is 0 Å². The van der Waals surface area contributed by atoms with Crippen LogP contribution in [0.2, 0.25) is 0 Å². The average molecular weight is 281 g/mol. The van der Waals surface area contributed by atoms with Gasteiger partial charge in [-0.15, -0.1) is 0 Å². The molecule has 0 aromatic heterocycles. The highest BCUT2D eigenvalue weighted by molar-refractivity contribution is 5.76. The second-order valence-electron chi connectivity index (χ2n) is 6.81. The summed E-state index contributed by atoms with van der Waals surface area (Å²) in [6.45, 7) is 2.36. The molecule has 1 aliphatic carbocycles. The number of fused-ring (bicyclic) bond motifs is 1. The number of amides is 1. The van der Waals surface area contributed by atoms with Crippen molar-refractivity contribution in [3.63, 3.8) is 0 Å². The Balaban J connectivity index is 1.49. The zero-order valence-electron chi connectivity index (χ0n) is 12.4. The summed E-state index contributed by atoms with van der Waals surface area (Å²) in [6.07, 6.45) is 9.12. The minimum absolute atomic E-state index is 0.258. The van der Waals surface area contributed by atoms with E-state index in [1.54, 1.807) is 0 Å². The summed E-state index contributed by atoms with van der Waals surface area (Å²) in [4.78, 5) is 14.3. The summed E-state index contributed by atoms with van der Waals surface area (Å²) in [7, 11) is 0. The van der Waals surface area contributed by atoms with Crippen LogP contribution >= 0.6 is 0 Å². The van der Waals surface area contributed by atoms with Gasteiger partial charge in [-0.3, -0.25) is 4.79 Å². The molecule has 3 rings (SSSR count). The van der Waals surface area contributed by atoms with E-state index in [9.17, 15) is 9.90 Å². The maximum absolute atomic E-state index is 12.3. The Kier molecular flexibility index (Phi) is 4.32. The van der Waals surface area contributed by atoms with Gasteiger partial charge >= 0.3 is 0 Å². The summed E-state index contributed by atoms with van der Waals surface area (Å²) in [5.41, 5.74) is -0.483. The van der Waals surface area contributed by atoms with E-state index in [1.807, 2.05) is 4.90 Å². The van der Waals surface area contributed by atoms with Gasteiger partial charge in [0.25, 0.3) is 0 Å². The Morgan fingerprint density at radius 2 is 2.15 bits per heavy atom. The van der Waals surface area contributed by atoms with E-state index in [-0.39, 0.29) is 5.91 Å². The molecule has 0 aromatic carbocycles. The van der Waals surface area contributed by atoms with Crippen LogP contribution in [0.5, 0.6) is 0 Å². The van der Waals surface area contributed by atoms with Crippen LogP contribution in [0.25, 0.3) is 0 Å². The van der Waals surface area contributed by atoms with Gasteiger partial charge in [0.2, 0.25) is 5.91 Å². The summed E-state index contributed by atoms with van der Waals surface area (Å²) in [5, 5.41) is 10.6. The van der Waals surface area contributed by atoms with Crippen LogP contribution < -0.4 is 0 Å². The van der Waals surface area contributed by atoms with Crippen LogP contribution in [0, 0.1) is 5.92 Å². The summed E-state index contributed by atoms with van der Waals surface area (Å²) >= 11 is 0. The maximum Gasteiger partial charge on any atom is 0.222 e. The fourth-order valence-corrected chi connectivity index (χ4v) is 4.11. The molecule has 2 saturated heterocycles. The van der Waals surface area contributed by atoms with Crippen molar-refractivity contribution in [2.24, 2.45) is 5.92 Å². The second kappa shape index (κ2) is 6.02. The molecule has 2 aliphatic heterocycles. The molecular weight excluding hydrogens is 254 g/mol. The number of hydrogen-bond acceptors (Lipinski definition) is 3. The number of rotatable bonds is 3. The fourth-order valence-electron chi connectivity index (χ4n) is 4.11. The summed E-state index contributed by atoms with van der Waals surface area (Å²) in [6, 6.07) is 0. The first-order valence-electron chi connectivity index (χ1n) is 8.29. The van der Waals surface area contributed by atoms with Crippen molar-refractivity contribution in [2.75, 3.05) is 19.7 Å². The topological polar surface area (TPSA) is 49.8 Å². The number of hydrogen-bond donors (Lipinski definition) is 1. The van der Waals surface area contributed by atoms with Crippen LogP contribution in [-0.4, -0.2) is 47.3 Å². The third-order valence-corrected chi connectivity index (χ3v) is 5.48. The van der Waals surface area contributed by atoms with Crippen LogP contribution in [0.1, 0.15) is 57.8 Å². The second-order valence-corrected chi connectivity index (χ2v) is 6.81. The lowest BCUT2D eigenvalue weighted by atomic mass is 9.71. The molecule has 4 nitrogen and oxygen atoms in total. The van der Waals surface area contributed by atoms with Gasteiger partial charge in [-0.2, -0.15) is 0 Å². The number of likely N-dealkylation sites (tertiary alicyclic amines) is 1. The van der Waals surface area contributed by atoms with E-state index in [4.69, 9.17) is 4.74 Å². The predicted molar refractivity (Wildman–Crippen MR) is 76.3 cm³/mol. The normalized spacial score (nSPS) is 37.8. The van der Waals surface area contributed by atoms with Gasteiger partial charge in [-0.1, -0.05) is 12.8 Å². The van der Waals surface area contributed by atoms with Crippen molar-refractivity contribution < 1.29 is 14.6 Å². The molecule has 3 atom stereocenters. The van der Waals surface area contributed by atoms with Crippen molar-refractivity contribution in [3.8, 4) is 0 Å². The van der Waals surface area contributed by atoms with Crippen molar-refractivity contribution in [2.45, 2.75) is 69.5 Å². The largest absolute Gasteiger partial charge is 0.389 e. The monoisotopic (exact) mass is 281 g/mol. The predicted octanol–water partition coefficient (Wildman–Crippen LogP) is 2.10. The van der Waals surface area contributed by atoms with Crippen LogP contribution in [-0.2, 0) is 9.53 Å². The quantitative estimate of drug-likeness (QED) is 0.862. The van der Waals surface area contributed by atoms with Gasteiger partial charge in [0.1, 0.15) is 0 Å². The standard InChI is InChI=1S/C16H27NO3/c18-15(7-6-14-5-3-11-20-14)17-10-9-16(19)8-2-1-4-13(16)12-17/h13-14,19H,1-12H2. The van der Waals surface area contributed by atoms with Crippen molar-refractivity contribution in [3.05, 3.63) is 0 Å². The van der Waals surface area contributed by atoms with Crippen molar-refractivity contribution >= 4 is 5.91 Å². The number of carbonyl (C=O) groups is 1. The lowest BCUT2D eigenvalue weighted by Gasteiger charge is -2.47. The Morgan fingerprint density at radius 1 is 1.25 bits per heavy atom. The first-order chi connectivity index (χ1) is 9.67. The van der Waals surface area contributed by atoms with E-state index >= 15 is 0 Å². The number of carbonyl (C=O) groups excluding carboxylic acids is 1. The van der Waals surface area contributed by atoms with Gasteiger partial charge < -0.3 is 14.7 Å². The first-order valence-corrected chi connectivity index (χ1v) is 8.29. The molecule has 1 amide bonds. The molecule has 3 aliphatic rings. The van der Waals surface area contributed by atoms with E-state index in [2.05, 4.69) is 0 Å². The number of piperidine rings is 1. The van der Waals surface area contributed by atoms with Gasteiger partial charge in [-0.05, 0) is 38.5 Å². The molecule has 4 heteroatoms. The van der Waals surface area contributed by atoms with Crippen molar-refractivity contribution in [1.29, 1.82) is 0 Å². The maximum atomic E-state index is 12.3. The van der Waals surface area contributed by atoms with E-state index in [1.165, 1.54) is 6.42 Å². The molecule has 2 heterocycles. The smallest absolute Gasteiger partial charge is 0.222 e. The summed E-state index contributed by atoms with van der Waals surface area (Å²) in [5.74, 6) is 0.560. The van der Waals surface area contributed by atoms with E-state index in [0.717, 1.165) is 64.6 Å². The van der Waals surface area contributed by atoms with Gasteiger partial charge in [0.05, 0.1) is 11.7 Å². The molecule has 0 spiro atoms. The Bertz CT molecular complexity index is 354.